The van der Waals surface area contributed by atoms with Gasteiger partial charge in [0.15, 0.2) is 0 Å². The Morgan fingerprint density at radius 3 is 2.20 bits per heavy atom. The summed E-state index contributed by atoms with van der Waals surface area (Å²) in [5, 5.41) is 18.6. The van der Waals surface area contributed by atoms with Crippen LogP contribution in [0.4, 0.5) is 10.6 Å². The minimum Gasteiger partial charge on any atom is -0.477 e. The van der Waals surface area contributed by atoms with Crippen LogP contribution in [0.5, 0.6) is 0 Å². The van der Waals surface area contributed by atoms with Crippen molar-refractivity contribution in [3.05, 3.63) is 107 Å². The fourth-order valence-electron chi connectivity index (χ4n) is 5.00. The largest absolute Gasteiger partial charge is 0.477 e. The Labute approximate surface area is 236 Å². The van der Waals surface area contributed by atoms with E-state index in [4.69, 9.17) is 9.47 Å². The highest BCUT2D eigenvalue weighted by atomic mass is 16.5. The lowest BCUT2D eigenvalue weighted by Crippen LogP contribution is -2.51. The molecule has 0 fully saturated rings. The molecule has 3 N–H and O–H groups in total. The van der Waals surface area contributed by atoms with E-state index >= 15 is 0 Å². The van der Waals surface area contributed by atoms with E-state index in [-0.39, 0.29) is 30.5 Å². The third-order valence-corrected chi connectivity index (χ3v) is 7.14. The van der Waals surface area contributed by atoms with Crippen molar-refractivity contribution in [1.82, 2.24) is 15.1 Å². The Balaban J connectivity index is 1.31. The molecular weight excluding hydrogens is 524 g/mol. The van der Waals surface area contributed by atoms with Crippen LogP contribution in [0.1, 0.15) is 39.9 Å². The molecule has 0 saturated heterocycles. The second-order valence-electron chi connectivity index (χ2n) is 9.77. The molecule has 10 heteroatoms. The summed E-state index contributed by atoms with van der Waals surface area (Å²) in [5.41, 5.74) is 5.03. The third-order valence-electron chi connectivity index (χ3n) is 7.14. The number of alkyl carbamates (subject to hydrolysis) is 1. The van der Waals surface area contributed by atoms with E-state index in [0.717, 1.165) is 34.0 Å². The summed E-state index contributed by atoms with van der Waals surface area (Å²) in [6.45, 7) is 1.92. The number of rotatable bonds is 10. The van der Waals surface area contributed by atoms with Crippen LogP contribution in [-0.4, -0.2) is 51.6 Å². The van der Waals surface area contributed by atoms with Crippen LogP contribution in [0.2, 0.25) is 0 Å². The second-order valence-corrected chi connectivity index (χ2v) is 9.77. The van der Waals surface area contributed by atoms with Crippen LogP contribution in [-0.2, 0) is 27.9 Å². The normalized spacial score (nSPS) is 13.5. The van der Waals surface area contributed by atoms with Crippen molar-refractivity contribution in [3.63, 3.8) is 0 Å². The number of anilines is 1. The molecule has 0 spiro atoms. The molecule has 1 heterocycles. The molecule has 1 aliphatic rings. The molecule has 2 amide bonds. The zero-order chi connectivity index (χ0) is 28.9. The minimum atomic E-state index is -1.25. The highest BCUT2D eigenvalue weighted by Gasteiger charge is 2.32. The van der Waals surface area contributed by atoms with Crippen LogP contribution in [0, 0.1) is 0 Å². The van der Waals surface area contributed by atoms with Gasteiger partial charge in [0, 0.05) is 13.0 Å². The van der Waals surface area contributed by atoms with E-state index in [9.17, 15) is 19.5 Å². The molecule has 41 heavy (non-hydrogen) atoms. The number of aromatic carboxylic acids is 1. The number of fused-ring (bicyclic) bond motifs is 3. The van der Waals surface area contributed by atoms with Gasteiger partial charge in [-0.15, -0.1) is 0 Å². The number of ether oxygens (including phenoxy) is 2. The van der Waals surface area contributed by atoms with Crippen LogP contribution in [0.25, 0.3) is 11.1 Å². The summed E-state index contributed by atoms with van der Waals surface area (Å²) < 4.78 is 12.8. The first-order chi connectivity index (χ1) is 19.8. The first-order valence-corrected chi connectivity index (χ1v) is 13.2. The number of nitrogens with zero attached hydrogens (tertiary/aromatic N) is 2. The zero-order valence-electron chi connectivity index (χ0n) is 22.6. The average Bonchev–Trinajstić information content (AvgIpc) is 3.51. The van der Waals surface area contributed by atoms with E-state index in [1.54, 1.807) is 6.92 Å². The van der Waals surface area contributed by atoms with Crippen LogP contribution in [0.3, 0.4) is 0 Å². The second kappa shape index (κ2) is 12.1. The Kier molecular flexibility index (Phi) is 8.11. The smallest absolute Gasteiger partial charge is 0.407 e. The number of aryl methyl sites for hydroxylation is 1. The molecule has 1 aromatic heterocycles. The molecule has 4 aromatic rings. The topological polar surface area (TPSA) is 132 Å². The molecule has 0 bridgehead atoms. The highest BCUT2D eigenvalue weighted by molar-refractivity contribution is 6.02. The molecule has 2 atom stereocenters. The number of carbonyl (C=O) groups is 3. The summed E-state index contributed by atoms with van der Waals surface area (Å²) in [7, 11) is 1.51. The Hall–Kier alpha value is -4.96. The van der Waals surface area contributed by atoms with Crippen molar-refractivity contribution in [1.29, 1.82) is 0 Å². The number of benzene rings is 3. The predicted octanol–water partition coefficient (Wildman–Crippen LogP) is 4.57. The van der Waals surface area contributed by atoms with E-state index < -0.39 is 30.1 Å². The first kappa shape index (κ1) is 27.6. The van der Waals surface area contributed by atoms with Crippen molar-refractivity contribution < 1.29 is 29.0 Å². The van der Waals surface area contributed by atoms with Gasteiger partial charge in [-0.2, -0.15) is 5.10 Å². The van der Waals surface area contributed by atoms with Gasteiger partial charge >= 0.3 is 12.1 Å². The first-order valence-electron chi connectivity index (χ1n) is 13.2. The summed E-state index contributed by atoms with van der Waals surface area (Å²) >= 11 is 0. The van der Waals surface area contributed by atoms with Gasteiger partial charge in [-0.05, 0) is 34.7 Å². The summed E-state index contributed by atoms with van der Waals surface area (Å²) in [6, 6.07) is 24.2. The maximum absolute atomic E-state index is 13.4. The van der Waals surface area contributed by atoms with Gasteiger partial charge in [0.1, 0.15) is 24.0 Å². The summed E-state index contributed by atoms with van der Waals surface area (Å²) in [5.74, 6) is -2.09. The number of carboxylic acids is 1. The van der Waals surface area contributed by atoms with E-state index in [1.165, 1.54) is 11.7 Å². The molecule has 3 aromatic carbocycles. The van der Waals surface area contributed by atoms with Crippen molar-refractivity contribution in [2.75, 3.05) is 11.9 Å². The molecular formula is C31H30N4O6. The van der Waals surface area contributed by atoms with Gasteiger partial charge in [0.05, 0.1) is 18.9 Å². The van der Waals surface area contributed by atoms with E-state index in [1.807, 2.05) is 78.9 Å². The fourth-order valence-corrected chi connectivity index (χ4v) is 5.00. The number of hydrogen-bond acceptors (Lipinski definition) is 6. The van der Waals surface area contributed by atoms with Gasteiger partial charge in [0.2, 0.25) is 0 Å². The van der Waals surface area contributed by atoms with Crippen LogP contribution >= 0.6 is 0 Å². The van der Waals surface area contributed by atoms with Gasteiger partial charge in [-0.25, -0.2) is 9.59 Å². The molecule has 1 aliphatic carbocycles. The molecule has 210 valence electrons. The number of carbonyl (C=O) groups excluding carboxylic acids is 2. The van der Waals surface area contributed by atoms with Crippen molar-refractivity contribution in [3.8, 4) is 11.1 Å². The number of hydrogen-bond donors (Lipinski definition) is 3. The molecule has 0 unspecified atom stereocenters. The predicted molar refractivity (Wildman–Crippen MR) is 151 cm³/mol. The molecule has 5 rings (SSSR count). The Morgan fingerprint density at radius 1 is 0.951 bits per heavy atom. The lowest BCUT2D eigenvalue weighted by atomic mass is 9.98. The van der Waals surface area contributed by atoms with E-state index in [2.05, 4.69) is 15.7 Å². The fraction of sp³-hybridized carbons (Fsp3) is 0.226. The monoisotopic (exact) mass is 554 g/mol. The van der Waals surface area contributed by atoms with Gasteiger partial charge in [0.25, 0.3) is 5.91 Å². The lowest BCUT2D eigenvalue weighted by Gasteiger charge is -2.25. The molecule has 0 saturated carbocycles. The van der Waals surface area contributed by atoms with E-state index in [0.29, 0.717) is 0 Å². The molecule has 0 aliphatic heterocycles. The maximum Gasteiger partial charge on any atom is 0.407 e. The van der Waals surface area contributed by atoms with Crippen molar-refractivity contribution >= 4 is 23.8 Å². The van der Waals surface area contributed by atoms with Crippen LogP contribution < -0.4 is 10.6 Å². The van der Waals surface area contributed by atoms with Crippen molar-refractivity contribution in [2.45, 2.75) is 31.6 Å². The zero-order valence-corrected chi connectivity index (χ0v) is 22.6. The minimum absolute atomic E-state index is 0.0166. The number of nitrogens with one attached hydrogen (secondary N) is 2. The van der Waals surface area contributed by atoms with Crippen molar-refractivity contribution in [2.24, 2.45) is 7.05 Å². The van der Waals surface area contributed by atoms with Gasteiger partial charge < -0.3 is 25.2 Å². The standard InChI is InChI=1S/C31H30N4O6/c1-19(40-17-20-10-4-3-5-11-20)27(29(36)34-28-25(30(37)38)16-32-35(28)2)33-31(39)41-18-26-23-14-8-6-12-21(23)22-13-7-9-15-24(22)26/h3-16,19,26-27H,17-18H2,1-2H3,(H,33,39)(H,34,36)(H,37,38)/t19-,27+/m0/s1. The quantitative estimate of drug-likeness (QED) is 0.262. The molecule has 10 nitrogen and oxygen atoms in total. The summed E-state index contributed by atoms with van der Waals surface area (Å²) in [6.07, 6.45) is -0.454. The average molecular weight is 555 g/mol. The Morgan fingerprint density at radius 2 is 1.56 bits per heavy atom. The molecule has 0 radical (unpaired) electrons. The van der Waals surface area contributed by atoms with Gasteiger partial charge in [-0.1, -0.05) is 78.9 Å². The number of aromatic nitrogens is 2. The highest BCUT2D eigenvalue weighted by Crippen LogP contribution is 2.44. The lowest BCUT2D eigenvalue weighted by molar-refractivity contribution is -0.122. The van der Waals surface area contributed by atoms with Gasteiger partial charge in [-0.3, -0.25) is 9.48 Å². The maximum atomic E-state index is 13.4. The number of carboxylic acid groups (broad SMARTS) is 1. The van der Waals surface area contributed by atoms with Crippen LogP contribution in [0.15, 0.2) is 85.1 Å². The summed E-state index contributed by atoms with van der Waals surface area (Å²) in [4.78, 5) is 38.1. The number of amides is 2. The SMILES string of the molecule is C[C@H](OCc1ccccc1)[C@@H](NC(=O)OCC1c2ccccc2-c2ccccc21)C(=O)Nc1c(C(=O)O)cnn1C. The Bertz CT molecular complexity index is 1520. The third kappa shape index (κ3) is 5.97.